The molecule has 0 aromatic heterocycles. The number of piperidine rings is 1. The Morgan fingerprint density at radius 3 is 2.20 bits per heavy atom. The van der Waals surface area contributed by atoms with Gasteiger partial charge >= 0.3 is 0 Å². The quantitative estimate of drug-likeness (QED) is 0.697. The number of hydrogen-bond donors (Lipinski definition) is 1. The largest absolute Gasteiger partial charge is 0.494 e. The van der Waals surface area contributed by atoms with Gasteiger partial charge in [0.05, 0.1) is 17.9 Å². The van der Waals surface area contributed by atoms with Crippen LogP contribution in [0.4, 0.5) is 0 Å². The van der Waals surface area contributed by atoms with Gasteiger partial charge in [-0.05, 0) is 73.9 Å². The van der Waals surface area contributed by atoms with Crippen LogP contribution in [0.2, 0.25) is 0 Å². The van der Waals surface area contributed by atoms with Crippen LogP contribution in [-0.2, 0) is 27.7 Å². The molecule has 7 heteroatoms. The zero-order valence-corrected chi connectivity index (χ0v) is 18.2. The summed E-state index contributed by atoms with van der Waals surface area (Å²) in [4.78, 5) is 14.6. The summed E-state index contributed by atoms with van der Waals surface area (Å²) in [6, 6.07) is 14.5. The van der Waals surface area contributed by atoms with Crippen LogP contribution >= 0.6 is 0 Å². The number of nitrogens with two attached hydrogens (primary N) is 1. The normalized spacial score (nSPS) is 15.2. The van der Waals surface area contributed by atoms with Crippen molar-refractivity contribution in [2.45, 2.75) is 43.9 Å². The molecule has 30 heavy (non-hydrogen) atoms. The van der Waals surface area contributed by atoms with Gasteiger partial charge in [-0.15, -0.1) is 0 Å². The van der Waals surface area contributed by atoms with Gasteiger partial charge in [-0.1, -0.05) is 24.3 Å². The maximum Gasteiger partial charge on any atom is 0.238 e. The van der Waals surface area contributed by atoms with Crippen molar-refractivity contribution in [1.29, 1.82) is 0 Å². The maximum atomic E-state index is 12.6. The van der Waals surface area contributed by atoms with Crippen LogP contribution in [0.1, 0.15) is 37.3 Å². The fourth-order valence-electron chi connectivity index (χ4n) is 3.84. The molecule has 1 fully saturated rings. The molecule has 0 saturated carbocycles. The average molecular weight is 431 g/mol. The van der Waals surface area contributed by atoms with Gasteiger partial charge in [-0.2, -0.15) is 0 Å². The van der Waals surface area contributed by atoms with Crippen molar-refractivity contribution in [2.24, 2.45) is 11.1 Å². The fourth-order valence-corrected chi connectivity index (χ4v) is 4.36. The Labute approximate surface area is 179 Å². The van der Waals surface area contributed by atoms with Crippen molar-refractivity contribution >= 4 is 15.9 Å². The smallest absolute Gasteiger partial charge is 0.238 e. The maximum absolute atomic E-state index is 12.6. The first-order valence-electron chi connectivity index (χ1n) is 10.5. The second-order valence-electron chi connectivity index (χ2n) is 7.81. The Balaban J connectivity index is 1.42. The van der Waals surface area contributed by atoms with Crippen LogP contribution in [0.5, 0.6) is 5.75 Å². The molecule has 6 nitrogen and oxygen atoms in total. The predicted octanol–water partition coefficient (Wildman–Crippen LogP) is 3.15. The van der Waals surface area contributed by atoms with Gasteiger partial charge in [0.1, 0.15) is 5.75 Å². The van der Waals surface area contributed by atoms with Crippen molar-refractivity contribution in [1.82, 2.24) is 4.90 Å². The van der Waals surface area contributed by atoms with Crippen molar-refractivity contribution in [3.63, 3.8) is 0 Å². The lowest BCUT2D eigenvalue weighted by molar-refractivity contribution is -0.131. The first-order valence-corrected chi connectivity index (χ1v) is 12.0. The molecular formula is C23H30N2O4S. The van der Waals surface area contributed by atoms with E-state index in [0.29, 0.717) is 12.5 Å². The highest BCUT2D eigenvalue weighted by Crippen LogP contribution is 2.24. The number of carbonyl (C=O) groups excluding carboxylic acids is 1. The molecule has 0 radical (unpaired) electrons. The van der Waals surface area contributed by atoms with E-state index in [1.54, 1.807) is 12.1 Å². The van der Waals surface area contributed by atoms with Crippen molar-refractivity contribution in [2.75, 3.05) is 19.7 Å². The molecule has 1 aliphatic heterocycles. The molecular weight excluding hydrogens is 400 g/mol. The summed E-state index contributed by atoms with van der Waals surface area (Å²) < 4.78 is 28.1. The van der Waals surface area contributed by atoms with Crippen LogP contribution in [0.25, 0.3) is 0 Å². The number of primary sulfonamides is 1. The number of benzene rings is 2. The highest BCUT2D eigenvalue weighted by Gasteiger charge is 2.22. The molecule has 2 aromatic carbocycles. The molecule has 3 rings (SSSR count). The molecule has 162 valence electrons. The summed E-state index contributed by atoms with van der Waals surface area (Å²) in [5.74, 6) is 1.63. The Kier molecular flexibility index (Phi) is 7.50. The molecule has 0 bridgehead atoms. The van der Waals surface area contributed by atoms with Crippen LogP contribution in [-0.4, -0.2) is 38.9 Å². The number of amides is 1. The third-order valence-electron chi connectivity index (χ3n) is 5.65. The minimum absolute atomic E-state index is 0.0621. The van der Waals surface area contributed by atoms with Crippen molar-refractivity contribution in [3.05, 3.63) is 59.7 Å². The van der Waals surface area contributed by atoms with E-state index in [0.717, 1.165) is 50.1 Å². The van der Waals surface area contributed by atoms with Crippen LogP contribution < -0.4 is 9.88 Å². The summed E-state index contributed by atoms with van der Waals surface area (Å²) in [6.07, 6.45) is 4.49. The number of sulfonamides is 1. The van der Waals surface area contributed by atoms with Gasteiger partial charge in [0.2, 0.25) is 15.9 Å². The van der Waals surface area contributed by atoms with E-state index >= 15 is 0 Å². The van der Waals surface area contributed by atoms with Crippen LogP contribution in [0.15, 0.2) is 53.4 Å². The monoisotopic (exact) mass is 430 g/mol. The van der Waals surface area contributed by atoms with Crippen molar-refractivity contribution in [3.8, 4) is 5.75 Å². The van der Waals surface area contributed by atoms with E-state index in [1.165, 1.54) is 17.7 Å². The summed E-state index contributed by atoms with van der Waals surface area (Å²) in [5, 5.41) is 5.11. The number of nitrogens with zero attached hydrogens (tertiary/aromatic N) is 1. The third kappa shape index (κ3) is 6.31. The molecule has 0 unspecified atom stereocenters. The van der Waals surface area contributed by atoms with Gasteiger partial charge in [-0.3, -0.25) is 4.79 Å². The van der Waals surface area contributed by atoms with Crippen molar-refractivity contribution < 1.29 is 17.9 Å². The van der Waals surface area contributed by atoms with E-state index < -0.39 is 10.0 Å². The molecule has 1 heterocycles. The Morgan fingerprint density at radius 2 is 1.63 bits per heavy atom. The number of likely N-dealkylation sites (tertiary alicyclic amines) is 1. The predicted molar refractivity (Wildman–Crippen MR) is 117 cm³/mol. The van der Waals surface area contributed by atoms with Gasteiger partial charge in [0, 0.05) is 13.1 Å². The summed E-state index contributed by atoms with van der Waals surface area (Å²) >= 11 is 0. The van der Waals surface area contributed by atoms with E-state index in [9.17, 15) is 13.2 Å². The SMILES string of the molecule is CCOc1ccc(CCC2CCN(C(=O)Cc3ccc(S(N)(=O)=O)cc3)CC2)cc1. The first kappa shape index (κ1) is 22.3. The number of hydrogen-bond acceptors (Lipinski definition) is 4. The second kappa shape index (κ2) is 10.1. The lowest BCUT2D eigenvalue weighted by atomic mass is 9.90. The molecule has 0 aliphatic carbocycles. The van der Waals surface area contributed by atoms with E-state index in [2.05, 4.69) is 12.1 Å². The Hall–Kier alpha value is -2.38. The molecule has 1 aliphatic rings. The summed E-state index contributed by atoms with van der Waals surface area (Å²) in [5.41, 5.74) is 2.12. The number of carbonyl (C=O) groups is 1. The molecule has 2 aromatic rings. The van der Waals surface area contributed by atoms with Gasteiger partial charge < -0.3 is 9.64 Å². The second-order valence-corrected chi connectivity index (χ2v) is 9.37. The number of ether oxygens (including phenoxy) is 1. The van der Waals surface area contributed by atoms with E-state index in [4.69, 9.17) is 9.88 Å². The number of rotatable bonds is 8. The molecule has 1 saturated heterocycles. The molecule has 0 spiro atoms. The average Bonchev–Trinajstić information content (AvgIpc) is 2.73. The molecule has 1 amide bonds. The molecule has 2 N–H and O–H groups in total. The van der Waals surface area contributed by atoms with Crippen LogP contribution in [0.3, 0.4) is 0 Å². The zero-order valence-electron chi connectivity index (χ0n) is 17.4. The van der Waals surface area contributed by atoms with Gasteiger partial charge in [0.25, 0.3) is 0 Å². The van der Waals surface area contributed by atoms with Gasteiger partial charge in [-0.25, -0.2) is 13.6 Å². The lowest BCUT2D eigenvalue weighted by Gasteiger charge is -2.32. The minimum atomic E-state index is -3.71. The standard InChI is InChI=1S/C23H30N2O4S/c1-2-29-21-9-5-18(6-10-21)3-4-19-13-15-25(16-14-19)23(26)17-20-7-11-22(12-8-20)30(24,27)28/h5-12,19H,2-4,13-17H2,1H3,(H2,24,27,28). The number of aryl methyl sites for hydroxylation is 1. The van der Waals surface area contributed by atoms with Crippen LogP contribution in [0, 0.1) is 5.92 Å². The van der Waals surface area contributed by atoms with Gasteiger partial charge in [0.15, 0.2) is 0 Å². The first-order chi connectivity index (χ1) is 14.3. The summed E-state index contributed by atoms with van der Waals surface area (Å²) in [6.45, 7) is 4.22. The Bertz CT molecular complexity index is 932. The highest BCUT2D eigenvalue weighted by molar-refractivity contribution is 7.89. The lowest BCUT2D eigenvalue weighted by Crippen LogP contribution is -2.39. The Morgan fingerprint density at radius 1 is 1.03 bits per heavy atom. The fraction of sp³-hybridized carbons (Fsp3) is 0.435. The van der Waals surface area contributed by atoms with E-state index in [1.807, 2.05) is 24.0 Å². The zero-order chi connectivity index (χ0) is 21.6. The van der Waals surface area contributed by atoms with E-state index in [-0.39, 0.29) is 17.2 Å². The highest BCUT2D eigenvalue weighted by atomic mass is 32.2. The third-order valence-corrected chi connectivity index (χ3v) is 6.58. The summed E-state index contributed by atoms with van der Waals surface area (Å²) in [7, 11) is -3.71. The minimum Gasteiger partial charge on any atom is -0.494 e. The topological polar surface area (TPSA) is 89.7 Å². The molecule has 0 atom stereocenters.